The second kappa shape index (κ2) is 5.82. The van der Waals surface area contributed by atoms with Crippen molar-refractivity contribution in [3.05, 3.63) is 29.8 Å². The van der Waals surface area contributed by atoms with Gasteiger partial charge in [0.2, 0.25) is 10.0 Å². The standard InChI is InChI=1S/C13H15NO6S/c1-20-13(17)9-4-6-10(7-5-9)21(18,19)14-8-2-3-11(14)12(15)16/h4-7,11H,2-3,8H2,1H3,(H,15,16)/t11-/m0/s1. The zero-order chi connectivity index (χ0) is 15.6. The van der Waals surface area contributed by atoms with Crippen LogP contribution in [0.5, 0.6) is 0 Å². The summed E-state index contributed by atoms with van der Waals surface area (Å²) in [6.45, 7) is 0.179. The van der Waals surface area contributed by atoms with Crippen molar-refractivity contribution in [2.45, 2.75) is 23.8 Å². The molecule has 2 rings (SSSR count). The lowest BCUT2D eigenvalue weighted by atomic mass is 10.2. The fourth-order valence-electron chi connectivity index (χ4n) is 2.29. The number of carbonyl (C=O) groups is 2. The molecule has 114 valence electrons. The highest BCUT2D eigenvalue weighted by Gasteiger charge is 2.39. The van der Waals surface area contributed by atoms with Crippen LogP contribution >= 0.6 is 0 Å². The quantitative estimate of drug-likeness (QED) is 0.822. The summed E-state index contributed by atoms with van der Waals surface area (Å²) in [6, 6.07) is 4.20. The van der Waals surface area contributed by atoms with E-state index in [1.807, 2.05) is 0 Å². The molecule has 1 aromatic carbocycles. The van der Waals surface area contributed by atoms with Gasteiger partial charge in [0.25, 0.3) is 0 Å². The molecule has 1 saturated heterocycles. The molecule has 1 N–H and O–H groups in total. The zero-order valence-electron chi connectivity index (χ0n) is 11.4. The average molecular weight is 313 g/mol. The summed E-state index contributed by atoms with van der Waals surface area (Å²) in [5, 5.41) is 9.08. The van der Waals surface area contributed by atoms with Crippen LogP contribution in [-0.4, -0.2) is 49.5 Å². The summed E-state index contributed by atoms with van der Waals surface area (Å²) in [4.78, 5) is 22.4. The fraction of sp³-hybridized carbons (Fsp3) is 0.385. The first-order valence-electron chi connectivity index (χ1n) is 6.31. The second-order valence-corrected chi connectivity index (χ2v) is 6.52. The van der Waals surface area contributed by atoms with Crippen molar-refractivity contribution < 1.29 is 27.9 Å². The average Bonchev–Trinajstić information content (AvgIpc) is 2.97. The molecule has 1 heterocycles. The van der Waals surface area contributed by atoms with E-state index in [1.165, 1.54) is 31.4 Å². The molecule has 0 saturated carbocycles. The van der Waals surface area contributed by atoms with Crippen molar-refractivity contribution in [2.24, 2.45) is 0 Å². The number of hydrogen-bond donors (Lipinski definition) is 1. The molecule has 7 nitrogen and oxygen atoms in total. The monoisotopic (exact) mass is 313 g/mol. The summed E-state index contributed by atoms with van der Waals surface area (Å²) in [5.74, 6) is -1.72. The molecule has 0 spiro atoms. The highest BCUT2D eigenvalue weighted by Crippen LogP contribution is 2.26. The largest absolute Gasteiger partial charge is 0.480 e. The predicted octanol–water partition coefficient (Wildman–Crippen LogP) is 0.711. The van der Waals surface area contributed by atoms with E-state index in [0.29, 0.717) is 12.8 Å². The minimum atomic E-state index is -3.88. The molecule has 0 amide bonds. The molecule has 0 bridgehead atoms. The number of aliphatic carboxylic acids is 1. The van der Waals surface area contributed by atoms with Gasteiger partial charge in [0.15, 0.2) is 0 Å². The third-order valence-electron chi connectivity index (χ3n) is 3.37. The summed E-state index contributed by atoms with van der Waals surface area (Å²) in [5.41, 5.74) is 0.229. The van der Waals surface area contributed by atoms with Crippen molar-refractivity contribution in [3.63, 3.8) is 0 Å². The van der Waals surface area contributed by atoms with Crippen LogP contribution in [0.4, 0.5) is 0 Å². The van der Waals surface area contributed by atoms with E-state index in [1.54, 1.807) is 0 Å². The third kappa shape index (κ3) is 2.91. The van der Waals surface area contributed by atoms with E-state index in [-0.39, 0.29) is 17.0 Å². The molecule has 8 heteroatoms. The van der Waals surface area contributed by atoms with Crippen LogP contribution in [0.1, 0.15) is 23.2 Å². The number of carboxylic acids is 1. The second-order valence-electron chi connectivity index (χ2n) is 4.63. The number of methoxy groups -OCH3 is 1. The molecule has 1 fully saturated rings. The number of carbonyl (C=O) groups excluding carboxylic acids is 1. The molecule has 1 aromatic rings. The van der Waals surface area contributed by atoms with E-state index in [4.69, 9.17) is 5.11 Å². The van der Waals surface area contributed by atoms with Gasteiger partial charge >= 0.3 is 11.9 Å². The Hall–Kier alpha value is -1.93. The third-order valence-corrected chi connectivity index (χ3v) is 5.29. The van der Waals surface area contributed by atoms with Crippen molar-refractivity contribution in [1.82, 2.24) is 4.31 Å². The maximum Gasteiger partial charge on any atom is 0.337 e. The van der Waals surface area contributed by atoms with E-state index >= 15 is 0 Å². The van der Waals surface area contributed by atoms with Gasteiger partial charge in [-0.1, -0.05) is 0 Å². The van der Waals surface area contributed by atoms with Crippen molar-refractivity contribution >= 4 is 22.0 Å². The maximum absolute atomic E-state index is 12.4. The Balaban J connectivity index is 2.31. The minimum absolute atomic E-state index is 0.0386. The summed E-state index contributed by atoms with van der Waals surface area (Å²) >= 11 is 0. The molecule has 0 aliphatic carbocycles. The van der Waals surface area contributed by atoms with Crippen LogP contribution in [0.3, 0.4) is 0 Å². The molecular weight excluding hydrogens is 298 g/mol. The first-order valence-corrected chi connectivity index (χ1v) is 7.75. The van der Waals surface area contributed by atoms with E-state index in [0.717, 1.165) is 4.31 Å². The minimum Gasteiger partial charge on any atom is -0.480 e. The number of ether oxygens (including phenoxy) is 1. The van der Waals surface area contributed by atoms with Crippen LogP contribution in [0.25, 0.3) is 0 Å². The first kappa shape index (κ1) is 15.5. The Labute approximate surface area is 122 Å². The Kier molecular flexibility index (Phi) is 4.29. The molecular formula is C13H15NO6S. The highest BCUT2D eigenvalue weighted by atomic mass is 32.2. The first-order chi connectivity index (χ1) is 9.87. The van der Waals surface area contributed by atoms with Gasteiger partial charge in [-0.2, -0.15) is 4.31 Å². The lowest BCUT2D eigenvalue weighted by Crippen LogP contribution is -2.40. The molecule has 0 aromatic heterocycles. The summed E-state index contributed by atoms with van der Waals surface area (Å²) in [6.07, 6.45) is 0.811. The van der Waals surface area contributed by atoms with Gasteiger partial charge in [-0.3, -0.25) is 4.79 Å². The summed E-state index contributed by atoms with van der Waals surface area (Å²) in [7, 11) is -2.65. The lowest BCUT2D eigenvalue weighted by Gasteiger charge is -2.20. The van der Waals surface area contributed by atoms with Gasteiger partial charge in [0.1, 0.15) is 6.04 Å². The van der Waals surface area contributed by atoms with E-state index < -0.39 is 28.0 Å². The fourth-order valence-corrected chi connectivity index (χ4v) is 3.94. The smallest absolute Gasteiger partial charge is 0.337 e. The predicted molar refractivity (Wildman–Crippen MR) is 72.3 cm³/mol. The number of esters is 1. The molecule has 0 unspecified atom stereocenters. The van der Waals surface area contributed by atoms with Crippen LogP contribution in [0, 0.1) is 0 Å². The molecule has 1 atom stereocenters. The lowest BCUT2D eigenvalue weighted by molar-refractivity contribution is -0.140. The van der Waals surface area contributed by atoms with Crippen LogP contribution in [-0.2, 0) is 19.6 Å². The van der Waals surface area contributed by atoms with Gasteiger partial charge in [0.05, 0.1) is 17.6 Å². The van der Waals surface area contributed by atoms with Crippen molar-refractivity contribution in [3.8, 4) is 0 Å². The number of nitrogens with zero attached hydrogens (tertiary/aromatic N) is 1. The van der Waals surface area contributed by atoms with Crippen molar-refractivity contribution in [1.29, 1.82) is 0 Å². The number of carboxylic acid groups (broad SMARTS) is 1. The number of benzene rings is 1. The number of sulfonamides is 1. The van der Waals surface area contributed by atoms with E-state index in [9.17, 15) is 18.0 Å². The molecule has 0 radical (unpaired) electrons. The molecule has 1 aliphatic heterocycles. The summed E-state index contributed by atoms with van der Waals surface area (Å²) < 4.78 is 30.4. The Morgan fingerprint density at radius 3 is 2.43 bits per heavy atom. The number of hydrogen-bond acceptors (Lipinski definition) is 5. The van der Waals surface area contributed by atoms with Crippen molar-refractivity contribution in [2.75, 3.05) is 13.7 Å². The van der Waals surface area contributed by atoms with Gasteiger partial charge < -0.3 is 9.84 Å². The van der Waals surface area contributed by atoms with Gasteiger partial charge in [0, 0.05) is 6.54 Å². The van der Waals surface area contributed by atoms with Crippen LogP contribution < -0.4 is 0 Å². The van der Waals surface area contributed by atoms with Gasteiger partial charge in [-0.25, -0.2) is 13.2 Å². The molecule has 21 heavy (non-hydrogen) atoms. The topological polar surface area (TPSA) is 101 Å². The Morgan fingerprint density at radius 1 is 1.29 bits per heavy atom. The Morgan fingerprint density at radius 2 is 1.90 bits per heavy atom. The SMILES string of the molecule is COC(=O)c1ccc(S(=O)(=O)N2CCC[C@H]2C(=O)O)cc1. The molecule has 1 aliphatic rings. The van der Waals surface area contributed by atoms with E-state index in [2.05, 4.69) is 4.74 Å². The van der Waals surface area contributed by atoms with Gasteiger partial charge in [-0.05, 0) is 37.1 Å². The van der Waals surface area contributed by atoms with Gasteiger partial charge in [-0.15, -0.1) is 0 Å². The highest BCUT2D eigenvalue weighted by molar-refractivity contribution is 7.89. The Bertz CT molecular complexity index is 652. The van der Waals surface area contributed by atoms with Crippen LogP contribution in [0.15, 0.2) is 29.2 Å². The maximum atomic E-state index is 12.4. The zero-order valence-corrected chi connectivity index (χ0v) is 12.2. The number of rotatable bonds is 4. The van der Waals surface area contributed by atoms with Crippen LogP contribution in [0.2, 0.25) is 0 Å². The normalized spacial score (nSPS) is 19.4.